The molecule has 3 rings (SSSR count). The highest BCUT2D eigenvalue weighted by Crippen LogP contribution is 2.15. The SMILES string of the molecule is O=C(N/N=C/c1ccc(OC(=O)c2ccco2)cc1)C(=O)Nc1ccc(Br)cc1. The number of hydrogen-bond donors (Lipinski definition) is 2. The molecule has 8 nitrogen and oxygen atoms in total. The lowest BCUT2D eigenvalue weighted by Crippen LogP contribution is -2.32. The van der Waals surface area contributed by atoms with E-state index in [-0.39, 0.29) is 5.76 Å². The molecule has 0 fully saturated rings. The van der Waals surface area contributed by atoms with Crippen molar-refractivity contribution in [3.63, 3.8) is 0 Å². The zero-order valence-electron chi connectivity index (χ0n) is 14.8. The van der Waals surface area contributed by atoms with Crippen LogP contribution in [0, 0.1) is 0 Å². The van der Waals surface area contributed by atoms with Crippen molar-refractivity contribution in [2.45, 2.75) is 0 Å². The number of ether oxygens (including phenoxy) is 1. The predicted molar refractivity (Wildman–Crippen MR) is 109 cm³/mol. The van der Waals surface area contributed by atoms with Crippen LogP contribution in [-0.4, -0.2) is 24.0 Å². The fourth-order valence-electron chi connectivity index (χ4n) is 2.11. The number of nitrogens with zero attached hydrogens (tertiary/aromatic N) is 1. The van der Waals surface area contributed by atoms with Gasteiger partial charge in [-0.2, -0.15) is 5.10 Å². The number of nitrogens with one attached hydrogen (secondary N) is 2. The fraction of sp³-hybridized carbons (Fsp3) is 0. The topological polar surface area (TPSA) is 110 Å². The molecule has 0 aliphatic carbocycles. The van der Waals surface area contributed by atoms with Gasteiger partial charge in [0.05, 0.1) is 12.5 Å². The third-order valence-electron chi connectivity index (χ3n) is 3.50. The highest BCUT2D eigenvalue weighted by molar-refractivity contribution is 9.10. The van der Waals surface area contributed by atoms with Gasteiger partial charge in [-0.05, 0) is 66.2 Å². The lowest BCUT2D eigenvalue weighted by molar-refractivity contribution is -0.136. The summed E-state index contributed by atoms with van der Waals surface area (Å²) in [5, 5.41) is 6.19. The third-order valence-corrected chi connectivity index (χ3v) is 4.03. The number of furan rings is 1. The van der Waals surface area contributed by atoms with Gasteiger partial charge in [0.1, 0.15) is 5.75 Å². The van der Waals surface area contributed by atoms with Crippen molar-refractivity contribution < 1.29 is 23.5 Å². The maximum absolute atomic E-state index is 11.8. The molecule has 0 unspecified atom stereocenters. The first-order valence-corrected chi connectivity index (χ1v) is 9.06. The molecule has 0 radical (unpaired) electrons. The quantitative estimate of drug-likeness (QED) is 0.201. The Bertz CT molecular complexity index is 1030. The Balaban J connectivity index is 1.49. The average molecular weight is 456 g/mol. The molecule has 0 saturated carbocycles. The molecule has 2 N–H and O–H groups in total. The number of hydrogen-bond acceptors (Lipinski definition) is 6. The summed E-state index contributed by atoms with van der Waals surface area (Å²) >= 11 is 3.28. The Morgan fingerprint density at radius 1 is 0.966 bits per heavy atom. The van der Waals surface area contributed by atoms with E-state index in [1.165, 1.54) is 18.5 Å². The van der Waals surface area contributed by atoms with E-state index in [9.17, 15) is 14.4 Å². The zero-order chi connectivity index (χ0) is 20.6. The summed E-state index contributed by atoms with van der Waals surface area (Å²) in [4.78, 5) is 35.4. The van der Waals surface area contributed by atoms with Crippen molar-refractivity contribution in [3.8, 4) is 5.75 Å². The number of rotatable bonds is 5. The average Bonchev–Trinajstić information content (AvgIpc) is 3.26. The van der Waals surface area contributed by atoms with E-state index in [0.29, 0.717) is 17.0 Å². The van der Waals surface area contributed by atoms with Crippen LogP contribution in [0.2, 0.25) is 0 Å². The van der Waals surface area contributed by atoms with E-state index in [2.05, 4.69) is 31.8 Å². The Morgan fingerprint density at radius 2 is 1.69 bits per heavy atom. The lowest BCUT2D eigenvalue weighted by atomic mass is 10.2. The third kappa shape index (κ3) is 5.88. The smallest absolute Gasteiger partial charge is 0.379 e. The van der Waals surface area contributed by atoms with Crippen molar-refractivity contribution in [2.24, 2.45) is 5.10 Å². The zero-order valence-corrected chi connectivity index (χ0v) is 16.4. The summed E-state index contributed by atoms with van der Waals surface area (Å²) in [6.07, 6.45) is 2.73. The highest BCUT2D eigenvalue weighted by Gasteiger charge is 2.13. The Morgan fingerprint density at radius 3 is 2.34 bits per heavy atom. The lowest BCUT2D eigenvalue weighted by Gasteiger charge is -2.04. The van der Waals surface area contributed by atoms with Crippen LogP contribution >= 0.6 is 15.9 Å². The molecule has 1 heterocycles. The molecule has 0 aliphatic heterocycles. The van der Waals surface area contributed by atoms with Gasteiger partial charge in [-0.25, -0.2) is 10.2 Å². The summed E-state index contributed by atoms with van der Waals surface area (Å²) in [6, 6.07) is 16.2. The van der Waals surface area contributed by atoms with Crippen molar-refractivity contribution in [3.05, 3.63) is 82.7 Å². The minimum Gasteiger partial charge on any atom is -0.457 e. The number of esters is 1. The van der Waals surface area contributed by atoms with E-state index < -0.39 is 17.8 Å². The van der Waals surface area contributed by atoms with Crippen LogP contribution in [0.25, 0.3) is 0 Å². The second kappa shape index (κ2) is 9.47. The summed E-state index contributed by atoms with van der Waals surface area (Å²) in [6.45, 7) is 0. The highest BCUT2D eigenvalue weighted by atomic mass is 79.9. The van der Waals surface area contributed by atoms with E-state index >= 15 is 0 Å². The van der Waals surface area contributed by atoms with Crippen LogP contribution in [0.3, 0.4) is 0 Å². The Labute approximate surface area is 173 Å². The largest absolute Gasteiger partial charge is 0.457 e. The molecule has 2 aromatic carbocycles. The Kier molecular flexibility index (Phi) is 6.54. The van der Waals surface area contributed by atoms with E-state index in [4.69, 9.17) is 9.15 Å². The first-order chi connectivity index (χ1) is 14.0. The summed E-state index contributed by atoms with van der Waals surface area (Å²) in [7, 11) is 0. The first kappa shape index (κ1) is 20.0. The molecule has 29 heavy (non-hydrogen) atoms. The van der Waals surface area contributed by atoms with Gasteiger partial charge in [0.15, 0.2) is 0 Å². The molecule has 0 aliphatic rings. The maximum atomic E-state index is 11.8. The van der Waals surface area contributed by atoms with Crippen molar-refractivity contribution in [2.75, 3.05) is 5.32 Å². The minimum absolute atomic E-state index is 0.0970. The van der Waals surface area contributed by atoms with Crippen molar-refractivity contribution in [1.29, 1.82) is 0 Å². The molecule has 9 heteroatoms. The van der Waals surface area contributed by atoms with Gasteiger partial charge in [-0.1, -0.05) is 15.9 Å². The fourth-order valence-corrected chi connectivity index (χ4v) is 2.38. The van der Waals surface area contributed by atoms with Gasteiger partial charge < -0.3 is 14.5 Å². The normalized spacial score (nSPS) is 10.5. The van der Waals surface area contributed by atoms with Crippen LogP contribution in [0.5, 0.6) is 5.75 Å². The monoisotopic (exact) mass is 455 g/mol. The van der Waals surface area contributed by atoms with Gasteiger partial charge in [-0.3, -0.25) is 9.59 Å². The number of hydrazone groups is 1. The van der Waals surface area contributed by atoms with Crippen molar-refractivity contribution >= 4 is 45.6 Å². The minimum atomic E-state index is -0.909. The molecule has 3 aromatic rings. The number of anilines is 1. The number of amides is 2. The van der Waals surface area contributed by atoms with Crippen LogP contribution in [-0.2, 0) is 9.59 Å². The van der Waals surface area contributed by atoms with E-state index in [1.54, 1.807) is 54.6 Å². The summed E-state index contributed by atoms with van der Waals surface area (Å²) in [5.74, 6) is -1.94. The molecular formula is C20H14BrN3O5. The number of benzene rings is 2. The van der Waals surface area contributed by atoms with Gasteiger partial charge in [0.2, 0.25) is 5.76 Å². The van der Waals surface area contributed by atoms with Gasteiger partial charge >= 0.3 is 17.8 Å². The molecular weight excluding hydrogens is 442 g/mol. The van der Waals surface area contributed by atoms with Crippen molar-refractivity contribution in [1.82, 2.24) is 5.43 Å². The predicted octanol–water partition coefficient (Wildman–Crippen LogP) is 3.35. The van der Waals surface area contributed by atoms with Crippen LogP contribution in [0.15, 0.2) is 80.9 Å². The van der Waals surface area contributed by atoms with Crippen LogP contribution in [0.1, 0.15) is 16.1 Å². The van der Waals surface area contributed by atoms with Gasteiger partial charge in [0, 0.05) is 10.2 Å². The number of carbonyl (C=O) groups excluding carboxylic acids is 3. The second-order valence-corrected chi connectivity index (χ2v) is 6.51. The van der Waals surface area contributed by atoms with Crippen LogP contribution < -0.4 is 15.5 Å². The standard InChI is InChI=1S/C20H14BrN3O5/c21-14-5-7-15(8-6-14)23-18(25)19(26)24-22-12-13-3-9-16(10-4-13)29-20(27)17-2-1-11-28-17/h1-12H,(H,23,25)(H,24,26)/b22-12+. The van der Waals surface area contributed by atoms with Gasteiger partial charge in [-0.15, -0.1) is 0 Å². The molecule has 0 spiro atoms. The number of carbonyl (C=O) groups is 3. The molecule has 2 amide bonds. The molecule has 0 atom stereocenters. The Hall–Kier alpha value is -3.72. The first-order valence-electron chi connectivity index (χ1n) is 8.27. The summed E-state index contributed by atoms with van der Waals surface area (Å²) < 4.78 is 11.0. The molecule has 0 bridgehead atoms. The number of halogens is 1. The van der Waals surface area contributed by atoms with E-state index in [0.717, 1.165) is 4.47 Å². The maximum Gasteiger partial charge on any atom is 0.379 e. The van der Waals surface area contributed by atoms with E-state index in [1.807, 2.05) is 0 Å². The molecule has 1 aromatic heterocycles. The molecule has 0 saturated heterocycles. The molecule has 146 valence electrons. The second-order valence-electron chi connectivity index (χ2n) is 5.60. The van der Waals surface area contributed by atoms with Crippen LogP contribution in [0.4, 0.5) is 5.69 Å². The van der Waals surface area contributed by atoms with Gasteiger partial charge in [0.25, 0.3) is 0 Å². The summed E-state index contributed by atoms with van der Waals surface area (Å²) in [5.41, 5.74) is 3.24.